The molecule has 132 valence electrons. The van der Waals surface area contributed by atoms with Gasteiger partial charge in [-0.15, -0.1) is 10.2 Å². The minimum atomic E-state index is -0.417. The maximum absolute atomic E-state index is 13.1. The topological polar surface area (TPSA) is 86.9 Å². The zero-order valence-corrected chi connectivity index (χ0v) is 14.1. The first-order chi connectivity index (χ1) is 12.1. The Bertz CT molecular complexity index is 788. The van der Waals surface area contributed by atoms with Crippen LogP contribution in [0.5, 0.6) is 11.5 Å². The van der Waals surface area contributed by atoms with Crippen molar-refractivity contribution < 1.29 is 23.4 Å². The number of carbonyl (C=O) groups excluding carboxylic acids is 1. The Hall–Kier alpha value is -2.61. The van der Waals surface area contributed by atoms with Crippen LogP contribution in [0.4, 0.5) is 0 Å². The van der Waals surface area contributed by atoms with Crippen molar-refractivity contribution in [3.05, 3.63) is 35.5 Å². The quantitative estimate of drug-likeness (QED) is 0.842. The number of carbonyl (C=O) groups is 1. The number of hydrogen-bond donors (Lipinski definition) is 0. The van der Waals surface area contributed by atoms with Crippen molar-refractivity contribution in [2.45, 2.75) is 25.8 Å². The lowest BCUT2D eigenvalue weighted by molar-refractivity contribution is -0.0109. The van der Waals surface area contributed by atoms with Crippen molar-refractivity contribution in [2.24, 2.45) is 0 Å². The molecule has 2 aliphatic rings. The first-order valence-corrected chi connectivity index (χ1v) is 8.25. The van der Waals surface area contributed by atoms with Crippen molar-refractivity contribution in [3.8, 4) is 11.5 Å². The number of fused-ring (bicyclic) bond motifs is 1. The molecule has 1 amide bonds. The highest BCUT2D eigenvalue weighted by atomic mass is 16.7. The van der Waals surface area contributed by atoms with Crippen LogP contribution in [-0.4, -0.2) is 47.6 Å². The molecule has 1 aromatic carbocycles. The molecule has 0 bridgehead atoms. The molecule has 0 spiro atoms. The van der Waals surface area contributed by atoms with Gasteiger partial charge in [-0.2, -0.15) is 0 Å². The van der Waals surface area contributed by atoms with E-state index >= 15 is 0 Å². The van der Waals surface area contributed by atoms with E-state index in [4.69, 9.17) is 18.6 Å². The Morgan fingerprint density at radius 2 is 2.16 bits per heavy atom. The van der Waals surface area contributed by atoms with Gasteiger partial charge in [-0.3, -0.25) is 4.79 Å². The normalized spacial score (nSPS) is 19.5. The number of ether oxygens (including phenoxy) is 3. The summed E-state index contributed by atoms with van der Waals surface area (Å²) in [6.45, 7) is 5.28. The fraction of sp³-hybridized carbons (Fsp3) is 0.471. The lowest BCUT2D eigenvalue weighted by Crippen LogP contribution is -2.43. The van der Waals surface area contributed by atoms with E-state index in [0.717, 1.165) is 0 Å². The van der Waals surface area contributed by atoms with Gasteiger partial charge in [0.2, 0.25) is 18.6 Å². The molecule has 2 aliphatic heterocycles. The van der Waals surface area contributed by atoms with Gasteiger partial charge >= 0.3 is 0 Å². The summed E-state index contributed by atoms with van der Waals surface area (Å²) in [7, 11) is 0. The highest BCUT2D eigenvalue weighted by Gasteiger charge is 2.35. The lowest BCUT2D eigenvalue weighted by atomic mass is 10.1. The summed E-state index contributed by atoms with van der Waals surface area (Å²) in [6, 6.07) is 4.87. The molecule has 8 heteroatoms. The van der Waals surface area contributed by atoms with Gasteiger partial charge in [0.25, 0.3) is 5.91 Å². The number of rotatable bonds is 3. The van der Waals surface area contributed by atoms with Crippen molar-refractivity contribution in [1.82, 2.24) is 15.1 Å². The summed E-state index contributed by atoms with van der Waals surface area (Å²) in [4.78, 5) is 14.8. The Balaban J connectivity index is 1.65. The second-order valence-electron chi connectivity index (χ2n) is 6.26. The van der Waals surface area contributed by atoms with Gasteiger partial charge in [0.1, 0.15) is 6.04 Å². The van der Waals surface area contributed by atoms with Gasteiger partial charge in [0.05, 0.1) is 18.8 Å². The SMILES string of the molecule is CC(C)c1nnc([C@H]2COCCN2C(=O)c2cccc3c2OCO3)o1. The average molecular weight is 345 g/mol. The third-order valence-electron chi connectivity index (χ3n) is 4.25. The Morgan fingerprint density at radius 3 is 2.96 bits per heavy atom. The molecular formula is C17H19N3O5. The smallest absolute Gasteiger partial charge is 0.258 e. The minimum Gasteiger partial charge on any atom is -0.454 e. The van der Waals surface area contributed by atoms with E-state index in [1.165, 1.54) is 0 Å². The molecule has 0 unspecified atom stereocenters. The Morgan fingerprint density at radius 1 is 1.28 bits per heavy atom. The van der Waals surface area contributed by atoms with Crippen molar-refractivity contribution in [2.75, 3.05) is 26.6 Å². The van der Waals surface area contributed by atoms with Crippen LogP contribution in [0, 0.1) is 0 Å². The van der Waals surface area contributed by atoms with Gasteiger partial charge in [0, 0.05) is 12.5 Å². The number of aromatic nitrogens is 2. The van der Waals surface area contributed by atoms with Crippen LogP contribution < -0.4 is 9.47 Å². The maximum Gasteiger partial charge on any atom is 0.258 e. The van der Waals surface area contributed by atoms with Gasteiger partial charge in [-0.05, 0) is 12.1 Å². The molecule has 8 nitrogen and oxygen atoms in total. The first kappa shape index (κ1) is 15.9. The zero-order valence-electron chi connectivity index (χ0n) is 14.1. The van der Waals surface area contributed by atoms with Crippen LogP contribution in [0.15, 0.2) is 22.6 Å². The summed E-state index contributed by atoms with van der Waals surface area (Å²) in [5.41, 5.74) is 0.463. The molecule has 0 aliphatic carbocycles. The number of hydrogen-bond acceptors (Lipinski definition) is 7. The van der Waals surface area contributed by atoms with E-state index in [2.05, 4.69) is 10.2 Å². The number of amides is 1. The number of nitrogens with zero attached hydrogens (tertiary/aromatic N) is 3. The molecule has 0 radical (unpaired) electrons. The summed E-state index contributed by atoms with van der Waals surface area (Å²) in [5.74, 6) is 1.95. The molecule has 0 N–H and O–H groups in total. The molecule has 1 atom stereocenters. The highest BCUT2D eigenvalue weighted by molar-refractivity contribution is 5.98. The van der Waals surface area contributed by atoms with Crippen LogP contribution in [0.3, 0.4) is 0 Å². The molecule has 0 saturated carbocycles. The summed E-state index contributed by atoms with van der Waals surface area (Å²) in [5, 5.41) is 8.17. The molecule has 4 rings (SSSR count). The van der Waals surface area contributed by atoms with E-state index < -0.39 is 6.04 Å². The van der Waals surface area contributed by atoms with E-state index in [-0.39, 0.29) is 18.6 Å². The molecular weight excluding hydrogens is 326 g/mol. The molecule has 1 aromatic heterocycles. The van der Waals surface area contributed by atoms with E-state index in [0.29, 0.717) is 48.6 Å². The fourth-order valence-electron chi connectivity index (χ4n) is 2.92. The second kappa shape index (κ2) is 6.36. The van der Waals surface area contributed by atoms with Gasteiger partial charge < -0.3 is 23.5 Å². The highest BCUT2D eigenvalue weighted by Crippen LogP contribution is 2.37. The molecule has 1 saturated heterocycles. The number of morpholine rings is 1. The number of para-hydroxylation sites is 1. The monoisotopic (exact) mass is 345 g/mol. The van der Waals surface area contributed by atoms with E-state index in [9.17, 15) is 4.79 Å². The zero-order chi connectivity index (χ0) is 17.4. The van der Waals surface area contributed by atoms with Crippen molar-refractivity contribution in [1.29, 1.82) is 0 Å². The number of benzene rings is 1. The molecule has 1 fully saturated rings. The predicted octanol–water partition coefficient (Wildman–Crippen LogP) is 2.14. The third-order valence-corrected chi connectivity index (χ3v) is 4.25. The summed E-state index contributed by atoms with van der Waals surface area (Å²) in [6.07, 6.45) is 0. The van der Waals surface area contributed by atoms with Crippen molar-refractivity contribution in [3.63, 3.8) is 0 Å². The van der Waals surface area contributed by atoms with Crippen molar-refractivity contribution >= 4 is 5.91 Å². The van der Waals surface area contributed by atoms with Gasteiger partial charge in [-0.1, -0.05) is 19.9 Å². The van der Waals surface area contributed by atoms with Crippen LogP contribution in [-0.2, 0) is 4.74 Å². The van der Waals surface area contributed by atoms with Crippen LogP contribution in [0.2, 0.25) is 0 Å². The van der Waals surface area contributed by atoms with E-state index in [1.54, 1.807) is 23.1 Å². The Kier molecular flexibility index (Phi) is 4.04. The maximum atomic E-state index is 13.1. The molecule has 3 heterocycles. The predicted molar refractivity (Wildman–Crippen MR) is 85.5 cm³/mol. The lowest BCUT2D eigenvalue weighted by Gasteiger charge is -2.33. The van der Waals surface area contributed by atoms with E-state index in [1.807, 2.05) is 13.8 Å². The molecule has 2 aromatic rings. The van der Waals surface area contributed by atoms with Gasteiger partial charge in [-0.25, -0.2) is 0 Å². The Labute approximate surface area is 144 Å². The second-order valence-corrected chi connectivity index (χ2v) is 6.26. The summed E-state index contributed by atoms with van der Waals surface area (Å²) >= 11 is 0. The third kappa shape index (κ3) is 2.82. The summed E-state index contributed by atoms with van der Waals surface area (Å²) < 4.78 is 22.1. The van der Waals surface area contributed by atoms with Crippen LogP contribution in [0.25, 0.3) is 0 Å². The van der Waals surface area contributed by atoms with Crippen LogP contribution in [0.1, 0.15) is 47.9 Å². The van der Waals surface area contributed by atoms with Crippen LogP contribution >= 0.6 is 0 Å². The first-order valence-electron chi connectivity index (χ1n) is 8.25. The fourth-order valence-corrected chi connectivity index (χ4v) is 2.92. The standard InChI is InChI=1S/C17H19N3O5/c1-10(2)15-18-19-16(25-15)12-8-22-7-6-20(12)17(21)11-4-3-5-13-14(11)24-9-23-13/h3-5,10,12H,6-9H2,1-2H3/t12-/m1/s1. The molecule has 25 heavy (non-hydrogen) atoms. The van der Waals surface area contributed by atoms with Gasteiger partial charge in [0.15, 0.2) is 11.5 Å². The average Bonchev–Trinajstić information content (AvgIpc) is 3.30. The minimum absolute atomic E-state index is 0.119. The largest absolute Gasteiger partial charge is 0.454 e.